The smallest absolute Gasteiger partial charge is 0.251 e. The van der Waals surface area contributed by atoms with Gasteiger partial charge in [-0.25, -0.2) is 0 Å². The molecule has 1 rings (SSSR count). The SMILES string of the molecule is C=CCNC(=O)c1ccccc1C(C)(C)C. The van der Waals surface area contributed by atoms with Crippen molar-refractivity contribution in [2.45, 2.75) is 26.2 Å². The van der Waals surface area contributed by atoms with Gasteiger partial charge in [-0.05, 0) is 17.0 Å². The molecule has 0 aliphatic heterocycles. The minimum absolute atomic E-state index is 0.0257. The van der Waals surface area contributed by atoms with Crippen molar-refractivity contribution in [1.29, 1.82) is 0 Å². The molecule has 1 aromatic carbocycles. The summed E-state index contributed by atoms with van der Waals surface area (Å²) in [4.78, 5) is 11.9. The highest BCUT2D eigenvalue weighted by molar-refractivity contribution is 5.96. The van der Waals surface area contributed by atoms with Gasteiger partial charge in [0.05, 0.1) is 0 Å². The van der Waals surface area contributed by atoms with Crippen LogP contribution in [0.3, 0.4) is 0 Å². The number of carbonyl (C=O) groups is 1. The van der Waals surface area contributed by atoms with E-state index in [4.69, 9.17) is 0 Å². The Bertz CT molecular complexity index is 388. The fraction of sp³-hybridized carbons (Fsp3) is 0.357. The molecule has 0 saturated carbocycles. The minimum atomic E-state index is -0.0366. The zero-order valence-corrected chi connectivity index (χ0v) is 10.2. The molecule has 2 nitrogen and oxygen atoms in total. The summed E-state index contributed by atoms with van der Waals surface area (Å²) in [6, 6.07) is 7.71. The van der Waals surface area contributed by atoms with E-state index < -0.39 is 0 Å². The molecule has 0 spiro atoms. The van der Waals surface area contributed by atoms with Gasteiger partial charge >= 0.3 is 0 Å². The van der Waals surface area contributed by atoms with Gasteiger partial charge < -0.3 is 5.32 Å². The van der Waals surface area contributed by atoms with E-state index in [9.17, 15) is 4.79 Å². The molecular weight excluding hydrogens is 198 g/mol. The summed E-state index contributed by atoms with van der Waals surface area (Å²) >= 11 is 0. The second kappa shape index (κ2) is 4.97. The molecule has 0 unspecified atom stereocenters. The van der Waals surface area contributed by atoms with Crippen LogP contribution in [0.15, 0.2) is 36.9 Å². The van der Waals surface area contributed by atoms with Crippen LogP contribution in [0.2, 0.25) is 0 Å². The van der Waals surface area contributed by atoms with Gasteiger partial charge in [0.1, 0.15) is 0 Å². The van der Waals surface area contributed by atoms with Crippen molar-refractivity contribution >= 4 is 5.91 Å². The van der Waals surface area contributed by atoms with Crippen LogP contribution < -0.4 is 5.32 Å². The predicted molar refractivity (Wildman–Crippen MR) is 67.7 cm³/mol. The maximum absolute atomic E-state index is 11.9. The molecule has 0 radical (unpaired) electrons. The maximum Gasteiger partial charge on any atom is 0.251 e. The largest absolute Gasteiger partial charge is 0.349 e. The van der Waals surface area contributed by atoms with E-state index in [1.54, 1.807) is 6.08 Å². The first-order valence-corrected chi connectivity index (χ1v) is 5.45. The fourth-order valence-electron chi connectivity index (χ4n) is 1.60. The average Bonchev–Trinajstić information content (AvgIpc) is 2.24. The Morgan fingerprint density at radius 3 is 2.56 bits per heavy atom. The summed E-state index contributed by atoms with van der Waals surface area (Å²) in [6.07, 6.45) is 1.68. The molecule has 86 valence electrons. The lowest BCUT2D eigenvalue weighted by Crippen LogP contribution is -2.27. The lowest BCUT2D eigenvalue weighted by Gasteiger charge is -2.22. The summed E-state index contributed by atoms with van der Waals surface area (Å²) in [5.41, 5.74) is 1.79. The lowest BCUT2D eigenvalue weighted by atomic mass is 9.83. The molecular formula is C14H19NO. The number of carbonyl (C=O) groups excluding carboxylic acids is 1. The third kappa shape index (κ3) is 2.96. The van der Waals surface area contributed by atoms with Crippen LogP contribution in [0.4, 0.5) is 0 Å². The van der Waals surface area contributed by atoms with Crippen molar-refractivity contribution in [1.82, 2.24) is 5.32 Å². The first-order chi connectivity index (χ1) is 7.46. The van der Waals surface area contributed by atoms with Gasteiger partial charge in [-0.3, -0.25) is 4.79 Å². The van der Waals surface area contributed by atoms with E-state index >= 15 is 0 Å². The molecule has 0 aliphatic carbocycles. The summed E-state index contributed by atoms with van der Waals surface area (Å²) in [7, 11) is 0. The first kappa shape index (κ1) is 12.5. The summed E-state index contributed by atoms with van der Waals surface area (Å²) < 4.78 is 0. The van der Waals surface area contributed by atoms with Gasteiger partial charge in [-0.15, -0.1) is 6.58 Å². The Morgan fingerprint density at radius 2 is 2.00 bits per heavy atom. The Balaban J connectivity index is 3.04. The second-order valence-electron chi connectivity index (χ2n) is 4.79. The molecule has 16 heavy (non-hydrogen) atoms. The van der Waals surface area contributed by atoms with Crippen molar-refractivity contribution in [2.75, 3.05) is 6.54 Å². The number of benzene rings is 1. The van der Waals surface area contributed by atoms with E-state index in [2.05, 4.69) is 32.7 Å². The van der Waals surface area contributed by atoms with Crippen molar-refractivity contribution in [3.63, 3.8) is 0 Å². The van der Waals surface area contributed by atoms with E-state index in [0.717, 1.165) is 11.1 Å². The third-order valence-corrected chi connectivity index (χ3v) is 2.39. The van der Waals surface area contributed by atoms with Crippen molar-refractivity contribution in [2.24, 2.45) is 0 Å². The van der Waals surface area contributed by atoms with Gasteiger partial charge in [-0.1, -0.05) is 45.0 Å². The molecule has 0 heterocycles. The molecule has 0 aromatic heterocycles. The van der Waals surface area contributed by atoms with Gasteiger partial charge in [0.15, 0.2) is 0 Å². The van der Waals surface area contributed by atoms with Gasteiger partial charge in [0.2, 0.25) is 0 Å². The van der Waals surface area contributed by atoms with Crippen LogP contribution in [0.5, 0.6) is 0 Å². The van der Waals surface area contributed by atoms with Crippen molar-refractivity contribution in [3.8, 4) is 0 Å². The number of nitrogens with one attached hydrogen (secondary N) is 1. The minimum Gasteiger partial charge on any atom is -0.349 e. The highest BCUT2D eigenvalue weighted by atomic mass is 16.1. The van der Waals surface area contributed by atoms with Crippen LogP contribution in [0.25, 0.3) is 0 Å². The van der Waals surface area contributed by atoms with E-state index in [-0.39, 0.29) is 11.3 Å². The number of hydrogen-bond donors (Lipinski definition) is 1. The zero-order chi connectivity index (χ0) is 12.2. The molecule has 0 saturated heterocycles. The monoisotopic (exact) mass is 217 g/mol. The highest BCUT2D eigenvalue weighted by Crippen LogP contribution is 2.25. The standard InChI is InChI=1S/C14H19NO/c1-5-10-15-13(16)11-8-6-7-9-12(11)14(2,3)4/h5-9H,1,10H2,2-4H3,(H,15,16). The topological polar surface area (TPSA) is 29.1 Å². The van der Waals surface area contributed by atoms with E-state index in [0.29, 0.717) is 6.54 Å². The molecule has 1 aromatic rings. The van der Waals surface area contributed by atoms with Crippen LogP contribution in [-0.2, 0) is 5.41 Å². The Kier molecular flexibility index (Phi) is 3.88. The van der Waals surface area contributed by atoms with E-state index in [1.165, 1.54) is 0 Å². The Morgan fingerprint density at radius 1 is 1.38 bits per heavy atom. The number of amides is 1. The molecule has 0 aliphatic rings. The van der Waals surface area contributed by atoms with Crippen molar-refractivity contribution < 1.29 is 4.79 Å². The quantitative estimate of drug-likeness (QED) is 0.775. The average molecular weight is 217 g/mol. The maximum atomic E-state index is 11.9. The van der Waals surface area contributed by atoms with Gasteiger partial charge in [0, 0.05) is 12.1 Å². The van der Waals surface area contributed by atoms with Crippen molar-refractivity contribution in [3.05, 3.63) is 48.0 Å². The lowest BCUT2D eigenvalue weighted by molar-refractivity contribution is 0.0956. The summed E-state index contributed by atoms with van der Waals surface area (Å²) in [5, 5.41) is 2.80. The first-order valence-electron chi connectivity index (χ1n) is 5.45. The second-order valence-corrected chi connectivity index (χ2v) is 4.79. The molecule has 0 bridgehead atoms. The van der Waals surface area contributed by atoms with Crippen LogP contribution >= 0.6 is 0 Å². The Labute approximate surface area is 97.4 Å². The van der Waals surface area contributed by atoms with Crippen LogP contribution in [0.1, 0.15) is 36.7 Å². The van der Waals surface area contributed by atoms with Gasteiger partial charge in [-0.2, -0.15) is 0 Å². The third-order valence-electron chi connectivity index (χ3n) is 2.39. The Hall–Kier alpha value is -1.57. The normalized spacial score (nSPS) is 10.9. The van der Waals surface area contributed by atoms with Crippen LogP contribution in [0, 0.1) is 0 Å². The van der Waals surface area contributed by atoms with E-state index in [1.807, 2.05) is 24.3 Å². The molecule has 2 heteroatoms. The number of rotatable bonds is 3. The molecule has 1 amide bonds. The predicted octanol–water partition coefficient (Wildman–Crippen LogP) is 2.90. The van der Waals surface area contributed by atoms with Gasteiger partial charge in [0.25, 0.3) is 5.91 Å². The van der Waals surface area contributed by atoms with Crippen LogP contribution in [-0.4, -0.2) is 12.5 Å². The zero-order valence-electron chi connectivity index (χ0n) is 10.2. The fourth-order valence-corrected chi connectivity index (χ4v) is 1.60. The molecule has 0 fully saturated rings. The summed E-state index contributed by atoms with van der Waals surface area (Å²) in [5.74, 6) is -0.0366. The highest BCUT2D eigenvalue weighted by Gasteiger charge is 2.20. The molecule has 0 atom stereocenters. The summed E-state index contributed by atoms with van der Waals surface area (Å²) in [6.45, 7) is 10.4. The number of hydrogen-bond acceptors (Lipinski definition) is 1. The molecule has 1 N–H and O–H groups in total.